The van der Waals surface area contributed by atoms with Crippen molar-refractivity contribution >= 4 is 5.97 Å². The Morgan fingerprint density at radius 3 is 2.63 bits per heavy atom. The highest BCUT2D eigenvalue weighted by Gasteiger charge is 2.27. The van der Waals surface area contributed by atoms with E-state index in [1.54, 1.807) is 6.92 Å². The fourth-order valence-electron chi connectivity index (χ4n) is 1.35. The zero-order valence-corrected chi connectivity index (χ0v) is 10.1. The van der Waals surface area contributed by atoms with Crippen molar-refractivity contribution in [3.63, 3.8) is 0 Å². The molecular weight excluding hydrogens is 269 g/mol. The summed E-state index contributed by atoms with van der Waals surface area (Å²) in [5.41, 5.74) is 0. The Kier molecular flexibility index (Phi) is 5.28. The summed E-state index contributed by atoms with van der Waals surface area (Å²) in [4.78, 5) is 10.4. The van der Waals surface area contributed by atoms with Gasteiger partial charge in [-0.1, -0.05) is 6.92 Å². The first-order valence-corrected chi connectivity index (χ1v) is 5.44. The van der Waals surface area contributed by atoms with Gasteiger partial charge < -0.3 is 14.3 Å². The second kappa shape index (κ2) is 6.50. The van der Waals surface area contributed by atoms with Crippen LogP contribution in [-0.4, -0.2) is 34.1 Å². The van der Waals surface area contributed by atoms with Crippen LogP contribution in [0.2, 0.25) is 0 Å². The summed E-state index contributed by atoms with van der Waals surface area (Å²) in [6.07, 6.45) is -4.21. The van der Waals surface area contributed by atoms with Gasteiger partial charge in [0, 0.05) is 12.8 Å². The predicted octanol–water partition coefficient (Wildman–Crippen LogP) is 1.80. The maximum absolute atomic E-state index is 11.8. The van der Waals surface area contributed by atoms with E-state index in [4.69, 9.17) is 9.52 Å². The molecule has 0 saturated carbocycles. The van der Waals surface area contributed by atoms with Crippen molar-refractivity contribution < 1.29 is 32.2 Å². The molecule has 0 aromatic carbocycles. The number of alkyl halides is 3. The number of carbonyl (C=O) groups is 1. The topological polar surface area (TPSA) is 85.5 Å². The maximum atomic E-state index is 11.8. The van der Waals surface area contributed by atoms with Crippen LogP contribution in [-0.2, 0) is 22.6 Å². The average molecular weight is 282 g/mol. The van der Waals surface area contributed by atoms with Gasteiger partial charge in [0.15, 0.2) is 0 Å². The molecule has 19 heavy (non-hydrogen) atoms. The normalized spacial score (nSPS) is 13.5. The second-order valence-electron chi connectivity index (χ2n) is 4.10. The number of aliphatic carboxylic acids is 1. The molecule has 0 bridgehead atoms. The lowest BCUT2D eigenvalue weighted by Gasteiger charge is -2.05. The molecule has 0 aliphatic carbocycles. The molecule has 0 radical (unpaired) electrons. The smallest absolute Gasteiger partial charge is 0.411 e. The van der Waals surface area contributed by atoms with Gasteiger partial charge >= 0.3 is 12.1 Å². The zero-order chi connectivity index (χ0) is 14.5. The summed E-state index contributed by atoms with van der Waals surface area (Å²) in [5.74, 6) is -1.04. The molecule has 0 amide bonds. The van der Waals surface area contributed by atoms with Crippen LogP contribution < -0.4 is 0 Å². The number of nitrogens with zero attached hydrogens (tertiary/aromatic N) is 2. The van der Waals surface area contributed by atoms with Gasteiger partial charge in [-0.25, -0.2) is 0 Å². The Bertz CT molecular complexity index is 419. The van der Waals surface area contributed by atoms with E-state index in [0.29, 0.717) is 0 Å². The first-order valence-electron chi connectivity index (χ1n) is 5.44. The summed E-state index contributed by atoms with van der Waals surface area (Å²) in [7, 11) is 0. The molecule has 0 saturated heterocycles. The minimum absolute atomic E-state index is 0.0533. The van der Waals surface area contributed by atoms with Crippen LogP contribution in [0.1, 0.15) is 25.1 Å². The van der Waals surface area contributed by atoms with Crippen LogP contribution in [0.4, 0.5) is 13.2 Å². The Morgan fingerprint density at radius 2 is 2.05 bits per heavy atom. The number of hydrogen-bond donors (Lipinski definition) is 1. The molecular formula is C10H13F3N2O4. The van der Waals surface area contributed by atoms with Crippen molar-refractivity contribution in [2.24, 2.45) is 5.92 Å². The van der Waals surface area contributed by atoms with E-state index >= 15 is 0 Å². The summed E-state index contributed by atoms with van der Waals surface area (Å²) in [6.45, 7) is -0.127. The van der Waals surface area contributed by atoms with E-state index in [9.17, 15) is 18.0 Å². The number of aromatic nitrogens is 2. The average Bonchev–Trinajstić information content (AvgIpc) is 2.62. The SMILES string of the molecule is CC(CC(=O)O)Cc1nnc(COCC(F)(F)F)o1. The van der Waals surface area contributed by atoms with Gasteiger partial charge in [-0.15, -0.1) is 10.2 Å². The molecule has 0 fully saturated rings. The van der Waals surface area contributed by atoms with Gasteiger partial charge in [0.2, 0.25) is 11.8 Å². The summed E-state index contributed by atoms with van der Waals surface area (Å²) >= 11 is 0. The first kappa shape index (κ1) is 15.4. The largest absolute Gasteiger partial charge is 0.481 e. The molecule has 6 nitrogen and oxygen atoms in total. The van der Waals surface area contributed by atoms with Crippen molar-refractivity contribution in [1.82, 2.24) is 10.2 Å². The summed E-state index contributed by atoms with van der Waals surface area (Å²) in [5, 5.41) is 15.7. The van der Waals surface area contributed by atoms with Crippen LogP contribution in [0.25, 0.3) is 0 Å². The Balaban J connectivity index is 2.38. The van der Waals surface area contributed by atoms with Crippen LogP contribution in [0.5, 0.6) is 0 Å². The molecule has 1 rings (SSSR count). The van der Waals surface area contributed by atoms with Crippen molar-refractivity contribution in [3.8, 4) is 0 Å². The molecule has 1 aromatic rings. The van der Waals surface area contributed by atoms with Gasteiger partial charge in [0.25, 0.3) is 0 Å². The Morgan fingerprint density at radius 1 is 1.42 bits per heavy atom. The molecule has 1 aromatic heterocycles. The lowest BCUT2D eigenvalue weighted by Crippen LogP contribution is -2.16. The number of ether oxygens (including phenoxy) is 1. The van der Waals surface area contributed by atoms with Gasteiger partial charge in [0.1, 0.15) is 13.2 Å². The lowest BCUT2D eigenvalue weighted by molar-refractivity contribution is -0.177. The molecule has 1 heterocycles. The third-order valence-corrected chi connectivity index (χ3v) is 2.05. The van der Waals surface area contributed by atoms with Gasteiger partial charge in [-0.3, -0.25) is 4.79 Å². The van der Waals surface area contributed by atoms with Crippen LogP contribution >= 0.6 is 0 Å². The zero-order valence-electron chi connectivity index (χ0n) is 10.1. The van der Waals surface area contributed by atoms with Crippen molar-refractivity contribution in [3.05, 3.63) is 11.8 Å². The highest BCUT2D eigenvalue weighted by Crippen LogP contribution is 2.16. The highest BCUT2D eigenvalue weighted by atomic mass is 19.4. The van der Waals surface area contributed by atoms with Crippen LogP contribution in [0.15, 0.2) is 4.42 Å². The van der Waals surface area contributed by atoms with E-state index in [-0.39, 0.29) is 30.5 Å². The van der Waals surface area contributed by atoms with E-state index in [1.807, 2.05) is 0 Å². The number of carboxylic acid groups (broad SMARTS) is 1. The molecule has 0 aliphatic heterocycles. The molecule has 1 unspecified atom stereocenters. The van der Waals surface area contributed by atoms with Crippen LogP contribution in [0, 0.1) is 5.92 Å². The molecule has 1 atom stereocenters. The first-order chi connectivity index (χ1) is 8.76. The number of rotatable bonds is 7. The fraction of sp³-hybridized carbons (Fsp3) is 0.700. The second-order valence-corrected chi connectivity index (χ2v) is 4.10. The van der Waals surface area contributed by atoms with E-state index in [2.05, 4.69) is 14.9 Å². The summed E-state index contributed by atoms with van der Waals surface area (Å²) < 4.78 is 44.8. The molecule has 1 N–H and O–H groups in total. The molecule has 0 aliphatic rings. The third-order valence-electron chi connectivity index (χ3n) is 2.05. The number of hydrogen-bond acceptors (Lipinski definition) is 5. The van der Waals surface area contributed by atoms with Crippen molar-refractivity contribution in [1.29, 1.82) is 0 Å². The quantitative estimate of drug-likeness (QED) is 0.820. The maximum Gasteiger partial charge on any atom is 0.411 e. The van der Waals surface area contributed by atoms with Crippen molar-refractivity contribution in [2.75, 3.05) is 6.61 Å². The minimum Gasteiger partial charge on any atom is -0.481 e. The molecule has 0 spiro atoms. The van der Waals surface area contributed by atoms with Gasteiger partial charge in [0.05, 0.1) is 0 Å². The summed E-state index contributed by atoms with van der Waals surface area (Å²) in [6, 6.07) is 0. The number of halogens is 3. The predicted molar refractivity (Wildman–Crippen MR) is 55.1 cm³/mol. The van der Waals surface area contributed by atoms with Gasteiger partial charge in [-0.05, 0) is 5.92 Å². The number of carboxylic acids is 1. The highest BCUT2D eigenvalue weighted by molar-refractivity contribution is 5.66. The molecule has 108 valence electrons. The van der Waals surface area contributed by atoms with E-state index in [1.165, 1.54) is 0 Å². The monoisotopic (exact) mass is 282 g/mol. The lowest BCUT2D eigenvalue weighted by atomic mass is 10.0. The standard InChI is InChI=1S/C10H13F3N2O4/c1-6(3-9(16)17)2-7-14-15-8(19-7)4-18-5-10(11,12)13/h6H,2-5H2,1H3,(H,16,17). The fourth-order valence-corrected chi connectivity index (χ4v) is 1.35. The minimum atomic E-state index is -4.40. The van der Waals surface area contributed by atoms with Gasteiger partial charge in [-0.2, -0.15) is 13.2 Å². The van der Waals surface area contributed by atoms with E-state index < -0.39 is 25.4 Å². The van der Waals surface area contributed by atoms with Crippen molar-refractivity contribution in [2.45, 2.75) is 32.5 Å². The Labute approximate surface area is 106 Å². The van der Waals surface area contributed by atoms with Crippen LogP contribution in [0.3, 0.4) is 0 Å². The van der Waals surface area contributed by atoms with E-state index in [0.717, 1.165) is 0 Å². The molecule has 9 heteroatoms. The Hall–Kier alpha value is -1.64. The third kappa shape index (κ3) is 6.75.